The lowest BCUT2D eigenvalue weighted by molar-refractivity contribution is 0.498. The van der Waals surface area contributed by atoms with Gasteiger partial charge in [-0.05, 0) is 116 Å². The van der Waals surface area contributed by atoms with Gasteiger partial charge in [0.2, 0.25) is 0 Å². The molecular weight excluding hydrogens is 504 g/mol. The number of aromatic amines is 1. The van der Waals surface area contributed by atoms with Crippen molar-refractivity contribution in [3.8, 4) is 0 Å². The van der Waals surface area contributed by atoms with Gasteiger partial charge in [-0.25, -0.2) is 15.0 Å². The van der Waals surface area contributed by atoms with Gasteiger partial charge in [0.15, 0.2) is 0 Å². The molecule has 1 aromatic rings. The van der Waals surface area contributed by atoms with Crippen LogP contribution in [0, 0.1) is 0 Å². The smallest absolute Gasteiger partial charge is 0.0988 e. The maximum absolute atomic E-state index is 10.9. The summed E-state index contributed by atoms with van der Waals surface area (Å²) in [4.78, 5) is 19.6. The summed E-state index contributed by atoms with van der Waals surface area (Å²) in [6.07, 6.45) is 14.0. The molecule has 5 aliphatic rings. The van der Waals surface area contributed by atoms with Crippen LogP contribution in [0.3, 0.4) is 0 Å². The van der Waals surface area contributed by atoms with Crippen LogP contribution in [-0.4, -0.2) is 27.2 Å². The molecular formula is C36H42N4O. The van der Waals surface area contributed by atoms with E-state index in [9.17, 15) is 5.11 Å². The molecule has 5 heteroatoms. The Labute approximate surface area is 243 Å². The summed E-state index contributed by atoms with van der Waals surface area (Å²) in [6, 6.07) is 0. The summed E-state index contributed by atoms with van der Waals surface area (Å²) in [6.45, 7) is 15.1. The molecule has 6 rings (SSSR count). The van der Waals surface area contributed by atoms with Crippen molar-refractivity contribution in [1.29, 1.82) is 0 Å². The number of allylic oxidation sites excluding steroid dienone is 8. The number of hydrogen-bond donors (Lipinski definition) is 2. The van der Waals surface area contributed by atoms with Crippen LogP contribution in [0.4, 0.5) is 0 Å². The number of fused-ring (bicyclic) bond motifs is 5. The lowest BCUT2D eigenvalue weighted by Crippen LogP contribution is -2.28. The molecule has 0 amide bonds. The van der Waals surface area contributed by atoms with Crippen LogP contribution in [0.5, 0.6) is 0 Å². The number of aliphatic hydroxyl groups excluding tert-OH is 1. The fraction of sp³-hybridized carbons (Fsp3) is 0.417. The standard InChI is InChI=1S/C36H42N4O/c1-8-20-21(9-2)29-17-32-25(13-6)34(19(7)41)33(38-32)18-31-22(10-3)24(12-5)35(39-31)27-15-14-26-23(11-4)30(40-36(26)27)16-28(20)37-29/h16-18,38,41H,8-15H2,1-7H3/b29-17?,30-16?,33-18?,34-19+,35-27?. The van der Waals surface area contributed by atoms with Crippen molar-refractivity contribution in [2.45, 2.75) is 99.8 Å². The zero-order chi connectivity index (χ0) is 29.0. The highest BCUT2D eigenvalue weighted by Crippen LogP contribution is 2.45. The lowest BCUT2D eigenvalue weighted by Gasteiger charge is -2.08. The van der Waals surface area contributed by atoms with Crippen molar-refractivity contribution in [3.63, 3.8) is 0 Å². The van der Waals surface area contributed by atoms with Gasteiger partial charge in [0.25, 0.3) is 0 Å². The Bertz CT molecular complexity index is 1780. The summed E-state index contributed by atoms with van der Waals surface area (Å²) < 4.78 is 0. The molecule has 1 fully saturated rings. The van der Waals surface area contributed by atoms with Crippen LogP contribution in [0.1, 0.15) is 105 Å². The van der Waals surface area contributed by atoms with E-state index in [4.69, 9.17) is 15.0 Å². The second-order valence-corrected chi connectivity index (χ2v) is 11.4. The molecule has 2 N–H and O–H groups in total. The topological polar surface area (TPSA) is 73.1 Å². The Kier molecular flexibility index (Phi) is 7.09. The maximum atomic E-state index is 10.9. The molecule has 0 unspecified atom stereocenters. The quantitative estimate of drug-likeness (QED) is 0.378. The predicted molar refractivity (Wildman–Crippen MR) is 173 cm³/mol. The zero-order valence-corrected chi connectivity index (χ0v) is 25.7. The van der Waals surface area contributed by atoms with E-state index < -0.39 is 0 Å². The number of rotatable bonds is 6. The normalized spacial score (nSPS) is 20.5. The van der Waals surface area contributed by atoms with Crippen LogP contribution in [0.2, 0.25) is 0 Å². The van der Waals surface area contributed by atoms with Gasteiger partial charge in [-0.1, -0.05) is 41.5 Å². The van der Waals surface area contributed by atoms with E-state index in [0.29, 0.717) is 5.76 Å². The molecule has 0 saturated heterocycles. The maximum Gasteiger partial charge on any atom is 0.0988 e. The Balaban J connectivity index is 1.76. The fourth-order valence-corrected chi connectivity index (χ4v) is 7.48. The third-order valence-electron chi connectivity index (χ3n) is 9.29. The number of aromatic nitrogens is 1. The molecule has 8 bridgehead atoms. The van der Waals surface area contributed by atoms with Crippen LogP contribution in [-0.2, 0) is 6.42 Å². The molecule has 41 heavy (non-hydrogen) atoms. The number of aliphatic imine (C=N–C) groups is 3. The van der Waals surface area contributed by atoms with Gasteiger partial charge < -0.3 is 10.1 Å². The molecule has 212 valence electrons. The van der Waals surface area contributed by atoms with Gasteiger partial charge >= 0.3 is 0 Å². The van der Waals surface area contributed by atoms with Crippen LogP contribution in [0.25, 0.3) is 17.9 Å². The Hall–Kier alpha value is -3.73. The first-order valence-electron chi connectivity index (χ1n) is 15.6. The van der Waals surface area contributed by atoms with Gasteiger partial charge in [0.1, 0.15) is 0 Å². The van der Waals surface area contributed by atoms with Crippen LogP contribution >= 0.6 is 0 Å². The van der Waals surface area contributed by atoms with Crippen molar-refractivity contribution < 1.29 is 5.11 Å². The molecule has 4 aliphatic heterocycles. The summed E-state index contributed by atoms with van der Waals surface area (Å²) >= 11 is 0. The molecule has 1 saturated carbocycles. The van der Waals surface area contributed by atoms with Gasteiger partial charge in [0.05, 0.1) is 45.3 Å². The highest BCUT2D eigenvalue weighted by Gasteiger charge is 2.35. The summed E-state index contributed by atoms with van der Waals surface area (Å²) in [5.74, 6) is 0.326. The molecule has 0 spiro atoms. The Morgan fingerprint density at radius 2 is 1.29 bits per heavy atom. The largest absolute Gasteiger partial charge is 0.512 e. The summed E-state index contributed by atoms with van der Waals surface area (Å²) in [5.41, 5.74) is 17.8. The summed E-state index contributed by atoms with van der Waals surface area (Å²) in [5, 5.41) is 12.7. The number of nitrogens with one attached hydrogen (secondary N) is 1. The van der Waals surface area contributed by atoms with E-state index in [1.54, 1.807) is 6.92 Å². The Morgan fingerprint density at radius 1 is 0.683 bits per heavy atom. The molecule has 5 heterocycles. The van der Waals surface area contributed by atoms with E-state index in [2.05, 4.69) is 64.8 Å². The van der Waals surface area contributed by atoms with E-state index in [-0.39, 0.29) is 0 Å². The minimum Gasteiger partial charge on any atom is -0.512 e. The van der Waals surface area contributed by atoms with E-state index in [1.165, 1.54) is 39.0 Å². The van der Waals surface area contributed by atoms with Gasteiger partial charge in [-0.15, -0.1) is 0 Å². The second-order valence-electron chi connectivity index (χ2n) is 11.4. The highest BCUT2D eigenvalue weighted by molar-refractivity contribution is 6.25. The van der Waals surface area contributed by atoms with Crippen molar-refractivity contribution in [2.75, 3.05) is 0 Å². The Morgan fingerprint density at radius 3 is 1.93 bits per heavy atom. The molecule has 0 aromatic carbocycles. The van der Waals surface area contributed by atoms with Crippen LogP contribution < -0.4 is 10.6 Å². The first-order chi connectivity index (χ1) is 19.9. The lowest BCUT2D eigenvalue weighted by atomic mass is 9.96. The van der Waals surface area contributed by atoms with Crippen molar-refractivity contribution in [3.05, 3.63) is 84.0 Å². The molecule has 1 aliphatic carbocycles. The minimum absolute atomic E-state index is 0.326. The first kappa shape index (κ1) is 27.4. The molecule has 5 nitrogen and oxygen atoms in total. The van der Waals surface area contributed by atoms with Gasteiger partial charge in [-0.2, -0.15) is 0 Å². The average molecular weight is 547 g/mol. The summed E-state index contributed by atoms with van der Waals surface area (Å²) in [7, 11) is 0. The van der Waals surface area contributed by atoms with E-state index in [1.807, 2.05) is 0 Å². The number of nitrogens with zero attached hydrogens (tertiary/aromatic N) is 3. The second kappa shape index (κ2) is 10.6. The monoisotopic (exact) mass is 546 g/mol. The number of H-pyrrole nitrogens is 1. The average Bonchev–Trinajstić information content (AvgIpc) is 3.74. The predicted octanol–water partition coefficient (Wildman–Crippen LogP) is 7.63. The van der Waals surface area contributed by atoms with Crippen molar-refractivity contribution in [2.24, 2.45) is 15.0 Å². The third kappa shape index (κ3) is 4.15. The minimum atomic E-state index is 0.326. The van der Waals surface area contributed by atoms with E-state index in [0.717, 1.165) is 107 Å². The van der Waals surface area contributed by atoms with Gasteiger partial charge in [0, 0.05) is 16.5 Å². The van der Waals surface area contributed by atoms with Crippen molar-refractivity contribution >= 4 is 35.0 Å². The molecule has 0 radical (unpaired) electrons. The zero-order valence-electron chi connectivity index (χ0n) is 25.7. The highest BCUT2D eigenvalue weighted by atomic mass is 16.3. The number of hydrogen-bond acceptors (Lipinski definition) is 4. The number of aliphatic hydroxyl groups is 1. The van der Waals surface area contributed by atoms with Gasteiger partial charge in [-0.3, -0.25) is 0 Å². The molecule has 0 atom stereocenters. The van der Waals surface area contributed by atoms with E-state index >= 15 is 0 Å². The molecule has 1 aromatic heterocycles. The van der Waals surface area contributed by atoms with Crippen LogP contribution in [0.15, 0.2) is 77.2 Å². The first-order valence-corrected chi connectivity index (χ1v) is 15.6. The third-order valence-corrected chi connectivity index (χ3v) is 9.29. The fourth-order valence-electron chi connectivity index (χ4n) is 7.48. The van der Waals surface area contributed by atoms with Crippen molar-refractivity contribution in [1.82, 2.24) is 4.98 Å². The SMILES string of the molecule is CCC1=C(CC)C2=NC1=Cc1[nH]c(/c(=C(\C)O)c1CC)=CC1=NC(=C3CCC4=C(CC)C(=C2)N=C43)C(CC)=C1CC.